The van der Waals surface area contributed by atoms with Crippen molar-refractivity contribution in [3.05, 3.63) is 29.8 Å². The average molecular weight is 264 g/mol. The SMILES string of the molecule is NC(N)=NC(N)=Nc1ccc(C(=O)NCCO)cc1. The Bertz CT molecular complexity index is 490. The first-order valence-corrected chi connectivity index (χ1v) is 5.46. The van der Waals surface area contributed by atoms with Gasteiger partial charge in [0.1, 0.15) is 0 Å². The smallest absolute Gasteiger partial charge is 0.251 e. The molecular formula is C11H16N6O2. The van der Waals surface area contributed by atoms with Gasteiger partial charge < -0.3 is 27.6 Å². The van der Waals surface area contributed by atoms with Gasteiger partial charge in [0, 0.05) is 12.1 Å². The number of hydrogen-bond donors (Lipinski definition) is 5. The van der Waals surface area contributed by atoms with Crippen molar-refractivity contribution < 1.29 is 9.90 Å². The number of aliphatic hydroxyl groups excluding tert-OH is 1. The molecule has 8 nitrogen and oxygen atoms in total. The number of carbonyl (C=O) groups excluding carboxylic acids is 1. The van der Waals surface area contributed by atoms with Gasteiger partial charge in [-0.15, -0.1) is 0 Å². The molecule has 1 aromatic carbocycles. The molecule has 0 spiro atoms. The summed E-state index contributed by atoms with van der Waals surface area (Å²) in [6, 6.07) is 6.36. The van der Waals surface area contributed by atoms with E-state index < -0.39 is 0 Å². The molecular weight excluding hydrogens is 248 g/mol. The van der Waals surface area contributed by atoms with Crippen LogP contribution in [-0.4, -0.2) is 36.1 Å². The van der Waals surface area contributed by atoms with Crippen molar-refractivity contribution in [2.75, 3.05) is 13.2 Å². The number of nitrogens with zero attached hydrogens (tertiary/aromatic N) is 2. The van der Waals surface area contributed by atoms with Gasteiger partial charge in [0.15, 0.2) is 5.96 Å². The lowest BCUT2D eigenvalue weighted by Gasteiger charge is -2.03. The van der Waals surface area contributed by atoms with Crippen LogP contribution in [0.15, 0.2) is 34.3 Å². The second-order valence-electron chi connectivity index (χ2n) is 3.53. The molecule has 0 aliphatic carbocycles. The van der Waals surface area contributed by atoms with Crippen LogP contribution in [0.1, 0.15) is 10.4 Å². The Labute approximate surface area is 110 Å². The Kier molecular flexibility index (Phi) is 5.30. The molecule has 0 bridgehead atoms. The molecule has 19 heavy (non-hydrogen) atoms. The first-order valence-electron chi connectivity index (χ1n) is 5.46. The summed E-state index contributed by atoms with van der Waals surface area (Å²) in [6.45, 7) is 0.0966. The van der Waals surface area contributed by atoms with Crippen molar-refractivity contribution in [1.82, 2.24) is 5.32 Å². The minimum absolute atomic E-state index is 0.0718. The van der Waals surface area contributed by atoms with E-state index in [0.717, 1.165) is 0 Å². The molecule has 0 fully saturated rings. The van der Waals surface area contributed by atoms with E-state index in [1.807, 2.05) is 0 Å². The number of carbonyl (C=O) groups is 1. The molecule has 8 N–H and O–H groups in total. The van der Waals surface area contributed by atoms with Gasteiger partial charge in [-0.3, -0.25) is 4.79 Å². The predicted molar refractivity (Wildman–Crippen MR) is 73.0 cm³/mol. The maximum absolute atomic E-state index is 11.5. The minimum atomic E-state index is -0.276. The van der Waals surface area contributed by atoms with Gasteiger partial charge in [-0.05, 0) is 24.3 Å². The van der Waals surface area contributed by atoms with Crippen molar-refractivity contribution in [2.24, 2.45) is 27.2 Å². The Balaban J connectivity index is 2.77. The van der Waals surface area contributed by atoms with E-state index in [0.29, 0.717) is 11.3 Å². The van der Waals surface area contributed by atoms with Crippen molar-refractivity contribution in [3.63, 3.8) is 0 Å². The summed E-state index contributed by atoms with van der Waals surface area (Å²) in [6.07, 6.45) is 0. The number of rotatable bonds is 4. The van der Waals surface area contributed by atoms with Gasteiger partial charge in [-0.1, -0.05) is 0 Å². The zero-order valence-corrected chi connectivity index (χ0v) is 10.2. The normalized spacial score (nSPS) is 10.9. The molecule has 1 amide bonds. The molecule has 102 valence electrons. The molecule has 0 aliphatic rings. The van der Waals surface area contributed by atoms with Crippen LogP contribution in [0.3, 0.4) is 0 Å². The fourth-order valence-corrected chi connectivity index (χ4v) is 1.25. The van der Waals surface area contributed by atoms with Gasteiger partial charge >= 0.3 is 0 Å². The van der Waals surface area contributed by atoms with E-state index in [4.69, 9.17) is 22.3 Å². The Morgan fingerprint density at radius 1 is 1.21 bits per heavy atom. The Morgan fingerprint density at radius 2 is 1.84 bits per heavy atom. The highest BCUT2D eigenvalue weighted by atomic mass is 16.3. The number of benzene rings is 1. The molecule has 0 atom stereocenters. The molecule has 1 aromatic rings. The van der Waals surface area contributed by atoms with Crippen molar-refractivity contribution in [2.45, 2.75) is 0 Å². The molecule has 0 heterocycles. The third-order valence-corrected chi connectivity index (χ3v) is 2.01. The van der Waals surface area contributed by atoms with Crippen LogP contribution in [0.25, 0.3) is 0 Å². The third kappa shape index (κ3) is 5.04. The lowest BCUT2D eigenvalue weighted by Crippen LogP contribution is -2.26. The van der Waals surface area contributed by atoms with Crippen LogP contribution in [-0.2, 0) is 0 Å². The van der Waals surface area contributed by atoms with Crippen molar-refractivity contribution in [1.29, 1.82) is 0 Å². The zero-order valence-electron chi connectivity index (χ0n) is 10.2. The molecule has 8 heteroatoms. The highest BCUT2D eigenvalue weighted by molar-refractivity contribution is 5.95. The number of hydrogen-bond acceptors (Lipinski definition) is 3. The number of guanidine groups is 2. The zero-order chi connectivity index (χ0) is 14.3. The van der Waals surface area contributed by atoms with E-state index in [9.17, 15) is 4.79 Å². The van der Waals surface area contributed by atoms with Crippen LogP contribution in [0.4, 0.5) is 5.69 Å². The van der Waals surface area contributed by atoms with Gasteiger partial charge in [0.25, 0.3) is 5.91 Å². The van der Waals surface area contributed by atoms with Crippen LogP contribution < -0.4 is 22.5 Å². The quantitative estimate of drug-likeness (QED) is 0.335. The average Bonchev–Trinajstić information content (AvgIpc) is 2.35. The Hall–Kier alpha value is -2.61. The fraction of sp³-hybridized carbons (Fsp3) is 0.182. The fourth-order valence-electron chi connectivity index (χ4n) is 1.25. The van der Waals surface area contributed by atoms with E-state index >= 15 is 0 Å². The second kappa shape index (κ2) is 6.97. The van der Waals surface area contributed by atoms with Crippen LogP contribution in [0, 0.1) is 0 Å². The molecule has 0 radical (unpaired) electrons. The number of aliphatic hydroxyl groups is 1. The number of amides is 1. The highest BCUT2D eigenvalue weighted by Crippen LogP contribution is 2.13. The monoisotopic (exact) mass is 264 g/mol. The number of aliphatic imine (C=N–C) groups is 2. The summed E-state index contributed by atoms with van der Waals surface area (Å²) in [5.74, 6) is -0.527. The summed E-state index contributed by atoms with van der Waals surface area (Å²) >= 11 is 0. The highest BCUT2D eigenvalue weighted by Gasteiger charge is 2.03. The van der Waals surface area contributed by atoms with Gasteiger partial charge in [-0.25, -0.2) is 4.99 Å². The molecule has 0 unspecified atom stereocenters. The molecule has 0 aromatic heterocycles. The van der Waals surface area contributed by atoms with Crippen molar-refractivity contribution >= 4 is 23.5 Å². The number of nitrogens with two attached hydrogens (primary N) is 3. The minimum Gasteiger partial charge on any atom is -0.395 e. The first kappa shape index (κ1) is 14.5. The third-order valence-electron chi connectivity index (χ3n) is 2.01. The standard InChI is InChI=1S/C11H16N6O2/c12-10(13)17-11(14)16-8-3-1-7(2-4-8)9(19)15-5-6-18/h1-4,18H,5-6H2,(H,15,19)(H6,12,13,14,16,17). The van der Waals surface area contributed by atoms with Crippen molar-refractivity contribution in [3.8, 4) is 0 Å². The van der Waals surface area contributed by atoms with Crippen LogP contribution in [0.5, 0.6) is 0 Å². The van der Waals surface area contributed by atoms with Gasteiger partial charge in [-0.2, -0.15) is 4.99 Å². The van der Waals surface area contributed by atoms with E-state index in [1.54, 1.807) is 24.3 Å². The summed E-state index contributed by atoms with van der Waals surface area (Å²) in [5.41, 5.74) is 16.7. The Morgan fingerprint density at radius 3 is 2.37 bits per heavy atom. The summed E-state index contributed by atoms with van der Waals surface area (Å²) in [7, 11) is 0. The largest absolute Gasteiger partial charge is 0.395 e. The predicted octanol–water partition coefficient (Wildman–Crippen LogP) is -1.37. The summed E-state index contributed by atoms with van der Waals surface area (Å²) < 4.78 is 0. The van der Waals surface area contributed by atoms with Crippen LogP contribution >= 0.6 is 0 Å². The van der Waals surface area contributed by atoms with E-state index in [2.05, 4.69) is 15.3 Å². The maximum Gasteiger partial charge on any atom is 0.251 e. The summed E-state index contributed by atoms with van der Waals surface area (Å²) in [4.78, 5) is 19.0. The number of nitrogens with one attached hydrogen (secondary N) is 1. The molecule has 0 saturated heterocycles. The molecule has 0 aliphatic heterocycles. The topological polar surface area (TPSA) is 152 Å². The molecule has 1 rings (SSSR count). The summed E-state index contributed by atoms with van der Waals surface area (Å²) in [5, 5.41) is 11.1. The maximum atomic E-state index is 11.5. The van der Waals surface area contributed by atoms with Gasteiger partial charge in [0.2, 0.25) is 5.96 Å². The first-order chi connectivity index (χ1) is 9.02. The van der Waals surface area contributed by atoms with Gasteiger partial charge in [0.05, 0.1) is 12.3 Å². The lowest BCUT2D eigenvalue weighted by molar-refractivity contribution is 0.0945. The molecule has 0 saturated carbocycles. The lowest BCUT2D eigenvalue weighted by atomic mass is 10.2. The van der Waals surface area contributed by atoms with Crippen LogP contribution in [0.2, 0.25) is 0 Å². The second-order valence-corrected chi connectivity index (χ2v) is 3.53. The van der Waals surface area contributed by atoms with E-state index in [-0.39, 0.29) is 31.0 Å². The van der Waals surface area contributed by atoms with E-state index in [1.165, 1.54) is 0 Å².